The lowest BCUT2D eigenvalue weighted by atomic mass is 9.86. The molecule has 2 aliphatic heterocycles. The van der Waals surface area contributed by atoms with Crippen LogP contribution in [0.5, 0.6) is 5.75 Å². The molecular formula is C26H30N4O4. The van der Waals surface area contributed by atoms with Gasteiger partial charge in [-0.3, -0.25) is 4.79 Å². The number of nitrogens with one attached hydrogen (secondary N) is 2. The number of carbonyl (C=O) groups excluding carboxylic acids is 1. The maximum Gasteiger partial charge on any atom is 0.248 e. The van der Waals surface area contributed by atoms with Gasteiger partial charge in [0.25, 0.3) is 0 Å². The van der Waals surface area contributed by atoms with Crippen LogP contribution in [0, 0.1) is 6.92 Å². The van der Waals surface area contributed by atoms with Gasteiger partial charge in [-0.1, -0.05) is 12.1 Å². The summed E-state index contributed by atoms with van der Waals surface area (Å²) in [6.07, 6.45) is 3.10. The number of amides is 1. The highest BCUT2D eigenvalue weighted by Crippen LogP contribution is 2.30. The minimum Gasteiger partial charge on any atom is -0.486 e. The first kappa shape index (κ1) is 22.6. The monoisotopic (exact) mass is 462 g/mol. The molecule has 5 rings (SSSR count). The number of carbonyl (C=O) groups is 1. The molecule has 0 spiro atoms. The Morgan fingerprint density at radius 3 is 2.91 bits per heavy atom. The Bertz CT molecular complexity index is 1190. The van der Waals surface area contributed by atoms with Gasteiger partial charge in [0.1, 0.15) is 12.4 Å². The van der Waals surface area contributed by atoms with Gasteiger partial charge in [-0.05, 0) is 79.3 Å². The summed E-state index contributed by atoms with van der Waals surface area (Å²) in [5.74, 6) is 1.10. The second-order valence-corrected chi connectivity index (χ2v) is 9.11. The van der Waals surface area contributed by atoms with E-state index in [-0.39, 0.29) is 12.1 Å². The van der Waals surface area contributed by atoms with Gasteiger partial charge in [0, 0.05) is 24.2 Å². The summed E-state index contributed by atoms with van der Waals surface area (Å²) in [4.78, 5) is 15.6. The molecule has 1 aromatic heterocycles. The lowest BCUT2D eigenvalue weighted by Crippen LogP contribution is -2.46. The summed E-state index contributed by atoms with van der Waals surface area (Å²) in [7, 11) is 0. The number of rotatable bonds is 7. The third kappa shape index (κ3) is 4.70. The zero-order chi connectivity index (χ0) is 23.7. The number of aliphatic hydroxyl groups excluding tert-OH is 1. The molecule has 0 fully saturated rings. The number of hydrogen-bond donors (Lipinski definition) is 4. The molecular weight excluding hydrogens is 432 g/mol. The Balaban J connectivity index is 1.22. The molecule has 1 unspecified atom stereocenters. The molecule has 3 heterocycles. The number of primary amides is 1. The van der Waals surface area contributed by atoms with Crippen molar-refractivity contribution in [3.05, 3.63) is 82.1 Å². The minimum absolute atomic E-state index is 0.0341. The van der Waals surface area contributed by atoms with Gasteiger partial charge in [0.2, 0.25) is 5.91 Å². The smallest absolute Gasteiger partial charge is 0.248 e. The highest BCUT2D eigenvalue weighted by Gasteiger charge is 2.29. The normalized spacial score (nSPS) is 20.3. The van der Waals surface area contributed by atoms with Gasteiger partial charge in [-0.2, -0.15) is 0 Å². The second-order valence-electron chi connectivity index (χ2n) is 9.11. The van der Waals surface area contributed by atoms with Crippen molar-refractivity contribution in [3.8, 4) is 5.75 Å². The number of aryl methyl sites for hydroxylation is 1. The van der Waals surface area contributed by atoms with Crippen LogP contribution >= 0.6 is 0 Å². The number of aromatic nitrogens is 1. The summed E-state index contributed by atoms with van der Waals surface area (Å²) < 4.78 is 11.2. The van der Waals surface area contributed by atoms with Crippen molar-refractivity contribution < 1.29 is 19.1 Å². The summed E-state index contributed by atoms with van der Waals surface area (Å²) in [5.41, 5.74) is 11.5. The van der Waals surface area contributed by atoms with E-state index in [4.69, 9.17) is 14.9 Å². The molecule has 8 heteroatoms. The van der Waals surface area contributed by atoms with Gasteiger partial charge in [0.15, 0.2) is 12.2 Å². The van der Waals surface area contributed by atoms with E-state index in [1.165, 1.54) is 17.5 Å². The molecule has 178 valence electrons. The summed E-state index contributed by atoms with van der Waals surface area (Å²) >= 11 is 0. The third-order valence-corrected chi connectivity index (χ3v) is 6.92. The molecule has 0 radical (unpaired) electrons. The average molecular weight is 463 g/mol. The van der Waals surface area contributed by atoms with Gasteiger partial charge >= 0.3 is 0 Å². The van der Waals surface area contributed by atoms with Crippen LogP contribution in [0.2, 0.25) is 0 Å². The first-order valence-corrected chi connectivity index (χ1v) is 11.7. The van der Waals surface area contributed by atoms with Crippen LogP contribution in [0.3, 0.4) is 0 Å². The minimum atomic E-state index is -0.516. The third-order valence-electron chi connectivity index (χ3n) is 6.92. The molecule has 2 aliphatic rings. The molecule has 3 atom stereocenters. The van der Waals surface area contributed by atoms with Gasteiger partial charge < -0.3 is 30.6 Å². The molecule has 0 saturated heterocycles. The van der Waals surface area contributed by atoms with E-state index in [2.05, 4.69) is 21.7 Å². The fourth-order valence-corrected chi connectivity index (χ4v) is 4.91. The number of hydrogen-bond acceptors (Lipinski definition) is 7. The highest BCUT2D eigenvalue weighted by atomic mass is 16.5. The highest BCUT2D eigenvalue weighted by molar-refractivity contribution is 5.93. The topological polar surface area (TPSA) is 123 Å². The molecule has 0 saturated carbocycles. The molecule has 5 N–H and O–H groups in total. The second kappa shape index (κ2) is 9.58. The number of nitrogens with zero attached hydrogens (tertiary/aromatic N) is 1. The Labute approximate surface area is 198 Å². The number of nitrogens with two attached hydrogens (primary N) is 1. The first-order valence-electron chi connectivity index (χ1n) is 11.7. The van der Waals surface area contributed by atoms with Crippen molar-refractivity contribution in [3.63, 3.8) is 0 Å². The van der Waals surface area contributed by atoms with Crippen molar-refractivity contribution in [2.45, 2.75) is 57.5 Å². The number of aliphatic hydroxyl groups is 1. The molecule has 0 bridgehead atoms. The van der Waals surface area contributed by atoms with E-state index in [1.54, 1.807) is 6.07 Å². The summed E-state index contributed by atoms with van der Waals surface area (Å²) in [5, 5.41) is 18.1. The lowest BCUT2D eigenvalue weighted by Gasteiger charge is -2.34. The molecule has 34 heavy (non-hydrogen) atoms. The van der Waals surface area contributed by atoms with E-state index in [0.717, 1.165) is 47.7 Å². The first-order chi connectivity index (χ1) is 16.5. The predicted molar refractivity (Wildman–Crippen MR) is 126 cm³/mol. The average Bonchev–Trinajstić information content (AvgIpc) is 3.26. The Hall–Kier alpha value is -3.20. The number of oxazole rings is 1. The van der Waals surface area contributed by atoms with E-state index < -0.39 is 12.0 Å². The van der Waals surface area contributed by atoms with Gasteiger partial charge in [0.05, 0.1) is 11.8 Å². The van der Waals surface area contributed by atoms with Crippen molar-refractivity contribution in [2.75, 3.05) is 6.54 Å². The fourth-order valence-electron chi connectivity index (χ4n) is 4.91. The van der Waals surface area contributed by atoms with Crippen LogP contribution in [-0.2, 0) is 26.0 Å². The molecule has 1 amide bonds. The zero-order valence-corrected chi connectivity index (χ0v) is 19.2. The standard InChI is InChI=1S/C26H30N4O4/c1-15-25(34-14-30-15)13-33-20-4-2-16-10-23(29-12-19(16)9-20)24(31)11-22-21-5-3-18(26(27)32)8-17(21)6-7-28-22/h2-5,8-9,14,22-24,28-29,31H,6-7,10-13H2,1H3,(H2,27,32)/t22?,23-,24+/m0/s1. The maximum atomic E-state index is 11.5. The number of fused-ring (bicyclic) bond motifs is 2. The Morgan fingerprint density at radius 2 is 2.12 bits per heavy atom. The largest absolute Gasteiger partial charge is 0.486 e. The van der Waals surface area contributed by atoms with E-state index in [0.29, 0.717) is 25.1 Å². The number of ether oxygens (including phenoxy) is 1. The Kier molecular flexibility index (Phi) is 6.36. The summed E-state index contributed by atoms with van der Waals surface area (Å²) in [6.45, 7) is 3.72. The number of benzene rings is 2. The molecule has 2 aromatic carbocycles. The quantitative estimate of drug-likeness (QED) is 0.425. The maximum absolute atomic E-state index is 11.5. The zero-order valence-electron chi connectivity index (χ0n) is 19.2. The SMILES string of the molecule is Cc1ncoc1COc1ccc2c(c1)CN[C@H]([C@H](O)CC1NCCc3cc(C(N)=O)ccc31)C2. The lowest BCUT2D eigenvalue weighted by molar-refractivity contribution is 0.0994. The Morgan fingerprint density at radius 1 is 1.24 bits per heavy atom. The molecule has 3 aromatic rings. The van der Waals surface area contributed by atoms with Crippen LogP contribution < -0.4 is 21.1 Å². The van der Waals surface area contributed by atoms with Crippen molar-refractivity contribution in [1.82, 2.24) is 15.6 Å². The fraction of sp³-hybridized carbons (Fsp3) is 0.385. The van der Waals surface area contributed by atoms with E-state index in [1.807, 2.05) is 31.2 Å². The van der Waals surface area contributed by atoms with Crippen molar-refractivity contribution in [1.29, 1.82) is 0 Å². The van der Waals surface area contributed by atoms with Crippen LogP contribution in [0.4, 0.5) is 0 Å². The van der Waals surface area contributed by atoms with Crippen LogP contribution in [0.25, 0.3) is 0 Å². The van der Waals surface area contributed by atoms with Crippen LogP contribution in [-0.4, -0.2) is 34.7 Å². The predicted octanol–water partition coefficient (Wildman–Crippen LogP) is 2.31. The van der Waals surface area contributed by atoms with Gasteiger partial charge in [-0.15, -0.1) is 0 Å². The molecule has 8 nitrogen and oxygen atoms in total. The summed E-state index contributed by atoms with van der Waals surface area (Å²) in [6, 6.07) is 11.7. The molecule has 0 aliphatic carbocycles. The van der Waals surface area contributed by atoms with E-state index >= 15 is 0 Å². The van der Waals surface area contributed by atoms with Gasteiger partial charge in [-0.25, -0.2) is 4.98 Å². The van der Waals surface area contributed by atoms with Crippen LogP contribution in [0.15, 0.2) is 47.2 Å². The van der Waals surface area contributed by atoms with Crippen LogP contribution in [0.1, 0.15) is 56.5 Å². The van der Waals surface area contributed by atoms with E-state index in [9.17, 15) is 9.90 Å². The van der Waals surface area contributed by atoms with Crippen molar-refractivity contribution >= 4 is 5.91 Å². The van der Waals surface area contributed by atoms with Crippen molar-refractivity contribution in [2.24, 2.45) is 5.73 Å².